The summed E-state index contributed by atoms with van der Waals surface area (Å²) >= 11 is 0. The molecular formula is C27H33F5O. The smallest absolute Gasteiger partial charge is 0.402 e. The Kier molecular flexibility index (Phi) is 7.49. The van der Waals surface area contributed by atoms with E-state index in [1.807, 2.05) is 0 Å². The van der Waals surface area contributed by atoms with Gasteiger partial charge in [-0.15, -0.1) is 13.2 Å². The summed E-state index contributed by atoms with van der Waals surface area (Å²) in [6.07, 6.45) is 6.75. The molecule has 2 aliphatic carbocycles. The summed E-state index contributed by atoms with van der Waals surface area (Å²) in [7, 11) is 0. The average molecular weight is 469 g/mol. The molecule has 2 aliphatic rings. The van der Waals surface area contributed by atoms with E-state index in [9.17, 15) is 13.2 Å². The Morgan fingerprint density at radius 1 is 0.848 bits per heavy atom. The van der Waals surface area contributed by atoms with Crippen molar-refractivity contribution in [2.75, 3.05) is 0 Å². The van der Waals surface area contributed by atoms with Gasteiger partial charge in [0.05, 0.1) is 0 Å². The molecule has 4 atom stereocenters. The molecule has 2 aromatic rings. The molecule has 2 fully saturated rings. The van der Waals surface area contributed by atoms with Crippen LogP contribution in [0.2, 0.25) is 0 Å². The summed E-state index contributed by atoms with van der Waals surface area (Å²) in [5, 5.41) is -0.211. The first-order valence-electron chi connectivity index (χ1n) is 12.4. The van der Waals surface area contributed by atoms with Crippen molar-refractivity contribution in [1.82, 2.24) is 0 Å². The predicted octanol–water partition coefficient (Wildman–Crippen LogP) is 9.29. The molecule has 2 saturated carbocycles. The Balaban J connectivity index is 1.54. The van der Waals surface area contributed by atoms with Gasteiger partial charge in [-0.05, 0) is 55.8 Å². The summed E-state index contributed by atoms with van der Waals surface area (Å²) in [5.74, 6) is -1.60. The number of fused-ring (bicyclic) bond motifs is 2. The van der Waals surface area contributed by atoms with E-state index in [-0.39, 0.29) is 16.3 Å². The zero-order valence-corrected chi connectivity index (χ0v) is 19.2. The van der Waals surface area contributed by atoms with Crippen LogP contribution in [0.4, 0.5) is 22.0 Å². The molecule has 6 heteroatoms. The SMILES string of the molecule is CCCCCCC1CCC2CC(c3c(F)c(OC(F)(F)F)c4ccccc4c3F)CCC2C1. The third kappa shape index (κ3) is 5.46. The van der Waals surface area contributed by atoms with Crippen molar-refractivity contribution in [2.45, 2.75) is 89.8 Å². The number of ether oxygens (including phenoxy) is 1. The van der Waals surface area contributed by atoms with E-state index in [1.165, 1.54) is 56.7 Å². The largest absolute Gasteiger partial charge is 0.573 e. The first-order chi connectivity index (χ1) is 15.8. The highest BCUT2D eigenvalue weighted by Gasteiger charge is 2.40. The van der Waals surface area contributed by atoms with Gasteiger partial charge in [-0.3, -0.25) is 0 Å². The van der Waals surface area contributed by atoms with Crippen molar-refractivity contribution in [3.63, 3.8) is 0 Å². The molecule has 2 aromatic carbocycles. The second kappa shape index (κ2) is 10.2. The van der Waals surface area contributed by atoms with Crippen molar-refractivity contribution in [3.05, 3.63) is 41.5 Å². The van der Waals surface area contributed by atoms with Crippen LogP contribution in [0.3, 0.4) is 0 Å². The van der Waals surface area contributed by atoms with Crippen molar-refractivity contribution in [1.29, 1.82) is 0 Å². The highest BCUT2D eigenvalue weighted by Crippen LogP contribution is 2.51. The summed E-state index contributed by atoms with van der Waals surface area (Å²) in [4.78, 5) is 0. The number of halogens is 5. The minimum Gasteiger partial charge on any atom is -0.402 e. The zero-order chi connectivity index (χ0) is 23.6. The van der Waals surface area contributed by atoms with Crippen LogP contribution in [0.5, 0.6) is 5.75 Å². The van der Waals surface area contributed by atoms with Crippen LogP contribution < -0.4 is 4.74 Å². The lowest BCUT2D eigenvalue weighted by atomic mass is 9.63. The first kappa shape index (κ1) is 24.3. The fraction of sp³-hybridized carbons (Fsp3) is 0.630. The van der Waals surface area contributed by atoms with Gasteiger partial charge in [0.25, 0.3) is 0 Å². The van der Waals surface area contributed by atoms with Crippen LogP contribution in [0.15, 0.2) is 24.3 Å². The number of benzene rings is 2. The highest BCUT2D eigenvalue weighted by atomic mass is 19.4. The number of rotatable bonds is 7. The number of hydrogen-bond donors (Lipinski definition) is 0. The van der Waals surface area contributed by atoms with Crippen LogP contribution in [-0.4, -0.2) is 6.36 Å². The van der Waals surface area contributed by atoms with Gasteiger partial charge in [0.15, 0.2) is 11.6 Å². The monoisotopic (exact) mass is 468 g/mol. The van der Waals surface area contributed by atoms with Gasteiger partial charge in [0.1, 0.15) is 5.82 Å². The molecule has 0 spiro atoms. The zero-order valence-electron chi connectivity index (χ0n) is 19.2. The second-order valence-corrected chi connectivity index (χ2v) is 10.0. The molecule has 0 radical (unpaired) electrons. The predicted molar refractivity (Wildman–Crippen MR) is 120 cm³/mol. The van der Waals surface area contributed by atoms with E-state index >= 15 is 8.78 Å². The Bertz CT molecular complexity index is 954. The Morgan fingerprint density at radius 2 is 1.55 bits per heavy atom. The normalized spacial score (nSPS) is 25.8. The van der Waals surface area contributed by atoms with Crippen LogP contribution in [0.25, 0.3) is 10.8 Å². The minimum absolute atomic E-state index is 0.0222. The van der Waals surface area contributed by atoms with Crippen LogP contribution in [0.1, 0.15) is 89.0 Å². The summed E-state index contributed by atoms with van der Waals surface area (Å²) in [6.45, 7) is 2.21. The van der Waals surface area contributed by atoms with Crippen molar-refractivity contribution in [3.8, 4) is 5.75 Å². The van der Waals surface area contributed by atoms with Gasteiger partial charge in [-0.25, -0.2) is 8.78 Å². The number of alkyl halides is 3. The quantitative estimate of drug-likeness (QED) is 0.291. The maximum absolute atomic E-state index is 15.4. The molecular weight excluding hydrogens is 435 g/mol. The molecule has 0 saturated heterocycles. The molecule has 4 unspecified atom stereocenters. The van der Waals surface area contributed by atoms with Gasteiger partial charge >= 0.3 is 6.36 Å². The molecule has 33 heavy (non-hydrogen) atoms. The van der Waals surface area contributed by atoms with E-state index < -0.39 is 29.7 Å². The third-order valence-corrected chi connectivity index (χ3v) is 7.89. The van der Waals surface area contributed by atoms with Crippen LogP contribution >= 0.6 is 0 Å². The Hall–Kier alpha value is -1.85. The molecule has 0 aliphatic heterocycles. The fourth-order valence-corrected chi connectivity index (χ4v) is 6.30. The van der Waals surface area contributed by atoms with Gasteiger partial charge < -0.3 is 4.74 Å². The highest BCUT2D eigenvalue weighted by molar-refractivity contribution is 5.90. The molecule has 0 heterocycles. The first-order valence-corrected chi connectivity index (χ1v) is 12.4. The van der Waals surface area contributed by atoms with Crippen LogP contribution in [-0.2, 0) is 0 Å². The van der Waals surface area contributed by atoms with Gasteiger partial charge in [-0.2, -0.15) is 0 Å². The number of hydrogen-bond acceptors (Lipinski definition) is 1. The molecule has 1 nitrogen and oxygen atoms in total. The lowest BCUT2D eigenvalue weighted by molar-refractivity contribution is -0.275. The Labute approximate surface area is 192 Å². The topological polar surface area (TPSA) is 9.23 Å². The lowest BCUT2D eigenvalue weighted by Crippen LogP contribution is -2.31. The molecule has 4 rings (SSSR count). The molecule has 0 bridgehead atoms. The van der Waals surface area contributed by atoms with E-state index in [0.29, 0.717) is 24.7 Å². The summed E-state index contributed by atoms with van der Waals surface area (Å²) < 4.78 is 74.0. The summed E-state index contributed by atoms with van der Waals surface area (Å²) in [6, 6.07) is 5.66. The fourth-order valence-electron chi connectivity index (χ4n) is 6.30. The van der Waals surface area contributed by atoms with Crippen LogP contribution in [0, 0.1) is 29.4 Å². The van der Waals surface area contributed by atoms with E-state index in [4.69, 9.17) is 0 Å². The average Bonchev–Trinajstić information content (AvgIpc) is 2.79. The molecule has 182 valence electrons. The summed E-state index contributed by atoms with van der Waals surface area (Å²) in [5.41, 5.74) is -0.229. The van der Waals surface area contributed by atoms with Gasteiger partial charge in [0.2, 0.25) is 0 Å². The third-order valence-electron chi connectivity index (χ3n) is 7.89. The number of unbranched alkanes of at least 4 members (excludes halogenated alkanes) is 3. The van der Waals surface area contributed by atoms with Crippen molar-refractivity contribution < 1.29 is 26.7 Å². The second-order valence-electron chi connectivity index (χ2n) is 10.0. The molecule has 0 aromatic heterocycles. The van der Waals surface area contributed by atoms with Crippen molar-refractivity contribution in [2.24, 2.45) is 17.8 Å². The Morgan fingerprint density at radius 3 is 2.27 bits per heavy atom. The molecule has 0 amide bonds. The standard InChI is InChI=1S/C27H33F5O/c1-2-3-4-5-8-17-11-12-19-16-20(14-13-18(19)15-17)23-24(28)21-9-6-7-10-22(21)26(25(23)29)33-27(30,31)32/h6-7,9-10,17-20H,2-5,8,11-16H2,1H3. The maximum atomic E-state index is 15.4. The van der Waals surface area contributed by atoms with Gasteiger partial charge in [0, 0.05) is 16.3 Å². The van der Waals surface area contributed by atoms with E-state index in [1.54, 1.807) is 6.07 Å². The lowest BCUT2D eigenvalue weighted by Gasteiger charge is -2.42. The van der Waals surface area contributed by atoms with E-state index in [2.05, 4.69) is 11.7 Å². The van der Waals surface area contributed by atoms with Gasteiger partial charge in [-0.1, -0.05) is 69.7 Å². The van der Waals surface area contributed by atoms with Crippen molar-refractivity contribution >= 4 is 10.8 Å². The molecule has 0 N–H and O–H groups in total. The van der Waals surface area contributed by atoms with E-state index in [0.717, 1.165) is 25.2 Å². The minimum atomic E-state index is -5.05. The maximum Gasteiger partial charge on any atom is 0.573 e.